The van der Waals surface area contributed by atoms with Gasteiger partial charge in [-0.15, -0.1) is 0 Å². The van der Waals surface area contributed by atoms with Crippen molar-refractivity contribution in [3.63, 3.8) is 0 Å². The maximum absolute atomic E-state index is 5.68. The molecule has 1 heterocycles. The molecule has 0 spiro atoms. The fourth-order valence-corrected chi connectivity index (χ4v) is 2.47. The number of methoxy groups -OCH3 is 1. The Kier molecular flexibility index (Phi) is 6.74. The molecular formula is C15H32N2O2. The molecular weight excluding hydrogens is 240 g/mol. The molecule has 0 aliphatic carbocycles. The maximum Gasteiger partial charge on any atom is 0.0589 e. The van der Waals surface area contributed by atoms with Crippen LogP contribution in [0, 0.1) is 5.41 Å². The van der Waals surface area contributed by atoms with Crippen molar-refractivity contribution in [2.24, 2.45) is 5.41 Å². The van der Waals surface area contributed by atoms with Gasteiger partial charge in [0.1, 0.15) is 0 Å². The van der Waals surface area contributed by atoms with Crippen LogP contribution in [-0.4, -0.2) is 63.5 Å². The van der Waals surface area contributed by atoms with Crippen LogP contribution in [-0.2, 0) is 9.47 Å². The van der Waals surface area contributed by atoms with E-state index in [9.17, 15) is 0 Å². The fourth-order valence-electron chi connectivity index (χ4n) is 2.47. The van der Waals surface area contributed by atoms with Crippen LogP contribution in [0.3, 0.4) is 0 Å². The molecule has 4 heteroatoms. The number of ether oxygens (including phenoxy) is 2. The Bertz CT molecular complexity index is 245. The number of nitrogens with one attached hydrogen (secondary N) is 1. The van der Waals surface area contributed by atoms with Gasteiger partial charge in [0.2, 0.25) is 0 Å². The summed E-state index contributed by atoms with van der Waals surface area (Å²) in [5, 5.41) is 3.65. The average Bonchev–Trinajstić information content (AvgIpc) is 2.80. The van der Waals surface area contributed by atoms with E-state index in [1.165, 1.54) is 0 Å². The minimum Gasteiger partial charge on any atom is -0.383 e. The first kappa shape index (κ1) is 16.9. The van der Waals surface area contributed by atoms with Crippen LogP contribution in [0.1, 0.15) is 34.1 Å². The zero-order valence-corrected chi connectivity index (χ0v) is 13.4. The molecule has 1 unspecified atom stereocenters. The summed E-state index contributed by atoms with van der Waals surface area (Å²) in [6, 6.07) is 0. The zero-order chi connectivity index (χ0) is 14.4. The molecule has 0 radical (unpaired) electrons. The highest BCUT2D eigenvalue weighted by Crippen LogP contribution is 2.29. The predicted octanol–water partition coefficient (Wildman–Crippen LogP) is 1.75. The summed E-state index contributed by atoms with van der Waals surface area (Å²) in [4.78, 5) is 2.47. The number of hydrogen-bond acceptors (Lipinski definition) is 4. The van der Waals surface area contributed by atoms with Gasteiger partial charge in [-0.1, -0.05) is 6.92 Å². The van der Waals surface area contributed by atoms with Crippen molar-refractivity contribution in [1.82, 2.24) is 10.2 Å². The highest BCUT2D eigenvalue weighted by atomic mass is 16.5. The van der Waals surface area contributed by atoms with Gasteiger partial charge in [0.25, 0.3) is 0 Å². The molecule has 1 aliphatic rings. The molecule has 1 rings (SSSR count). The highest BCUT2D eigenvalue weighted by Gasteiger charge is 2.37. The molecule has 1 N–H and O–H groups in total. The molecule has 1 saturated heterocycles. The Balaban J connectivity index is 2.54. The van der Waals surface area contributed by atoms with E-state index < -0.39 is 0 Å². The first-order valence-corrected chi connectivity index (χ1v) is 7.45. The second kappa shape index (κ2) is 7.58. The van der Waals surface area contributed by atoms with E-state index >= 15 is 0 Å². The standard InChI is InChI=1S/C15H32N2O2/c1-6-17(8-10-18-5)12-15(7-9-19-13-15)11-16-14(2,3)4/h16H,6-13H2,1-5H3. The Morgan fingerprint density at radius 3 is 2.58 bits per heavy atom. The third-order valence-electron chi connectivity index (χ3n) is 3.80. The lowest BCUT2D eigenvalue weighted by molar-refractivity contribution is 0.0860. The summed E-state index contributed by atoms with van der Waals surface area (Å²) in [7, 11) is 1.77. The van der Waals surface area contributed by atoms with Crippen LogP contribution >= 0.6 is 0 Å². The third-order valence-corrected chi connectivity index (χ3v) is 3.80. The van der Waals surface area contributed by atoms with E-state index in [1.54, 1.807) is 7.11 Å². The van der Waals surface area contributed by atoms with Gasteiger partial charge in [0.05, 0.1) is 13.2 Å². The van der Waals surface area contributed by atoms with Gasteiger partial charge in [0.15, 0.2) is 0 Å². The lowest BCUT2D eigenvalue weighted by atomic mass is 9.85. The van der Waals surface area contributed by atoms with E-state index in [-0.39, 0.29) is 11.0 Å². The van der Waals surface area contributed by atoms with Crippen molar-refractivity contribution < 1.29 is 9.47 Å². The number of likely N-dealkylation sites (N-methyl/N-ethyl adjacent to an activating group) is 1. The van der Waals surface area contributed by atoms with E-state index in [2.05, 4.69) is 37.9 Å². The minimum absolute atomic E-state index is 0.166. The van der Waals surface area contributed by atoms with E-state index in [0.29, 0.717) is 0 Å². The van der Waals surface area contributed by atoms with Gasteiger partial charge < -0.3 is 19.7 Å². The van der Waals surface area contributed by atoms with Gasteiger partial charge in [-0.3, -0.25) is 0 Å². The molecule has 1 aliphatic heterocycles. The molecule has 1 atom stereocenters. The average molecular weight is 272 g/mol. The molecule has 0 aromatic rings. The smallest absolute Gasteiger partial charge is 0.0589 e. The first-order valence-electron chi connectivity index (χ1n) is 7.45. The van der Waals surface area contributed by atoms with Crippen molar-refractivity contribution in [3.05, 3.63) is 0 Å². The van der Waals surface area contributed by atoms with E-state index in [1.807, 2.05) is 0 Å². The SMILES string of the molecule is CCN(CCOC)CC1(CNC(C)(C)C)CCOC1. The maximum atomic E-state index is 5.68. The van der Waals surface area contributed by atoms with Crippen LogP contribution in [0.4, 0.5) is 0 Å². The molecule has 1 fully saturated rings. The molecule has 0 aromatic carbocycles. The largest absolute Gasteiger partial charge is 0.383 e. The molecule has 4 nitrogen and oxygen atoms in total. The monoisotopic (exact) mass is 272 g/mol. The van der Waals surface area contributed by atoms with Crippen molar-refractivity contribution >= 4 is 0 Å². The van der Waals surface area contributed by atoms with Crippen LogP contribution < -0.4 is 5.32 Å². The van der Waals surface area contributed by atoms with E-state index in [4.69, 9.17) is 9.47 Å². The van der Waals surface area contributed by atoms with Crippen LogP contribution in [0.2, 0.25) is 0 Å². The second-order valence-corrected chi connectivity index (χ2v) is 6.77. The summed E-state index contributed by atoms with van der Waals surface area (Å²) < 4.78 is 10.9. The predicted molar refractivity (Wildman–Crippen MR) is 79.6 cm³/mol. The van der Waals surface area contributed by atoms with Crippen molar-refractivity contribution in [2.75, 3.05) is 53.1 Å². The van der Waals surface area contributed by atoms with Gasteiger partial charge in [-0.05, 0) is 33.7 Å². The summed E-state index contributed by atoms with van der Waals surface area (Å²) in [5.74, 6) is 0. The number of rotatable bonds is 8. The quantitative estimate of drug-likeness (QED) is 0.730. The Labute approximate surface area is 118 Å². The van der Waals surface area contributed by atoms with Crippen LogP contribution in [0.5, 0.6) is 0 Å². The minimum atomic E-state index is 0.166. The first-order chi connectivity index (χ1) is 8.91. The lowest BCUT2D eigenvalue weighted by Crippen LogP contribution is -2.49. The Morgan fingerprint density at radius 2 is 2.11 bits per heavy atom. The van der Waals surface area contributed by atoms with Crippen LogP contribution in [0.25, 0.3) is 0 Å². The normalized spacial score (nSPS) is 24.3. The van der Waals surface area contributed by atoms with Gasteiger partial charge in [0, 0.05) is 44.3 Å². The zero-order valence-electron chi connectivity index (χ0n) is 13.4. The van der Waals surface area contributed by atoms with Gasteiger partial charge in [-0.25, -0.2) is 0 Å². The highest BCUT2D eigenvalue weighted by molar-refractivity contribution is 4.90. The van der Waals surface area contributed by atoms with Gasteiger partial charge in [-0.2, -0.15) is 0 Å². The molecule has 0 amide bonds. The molecule has 0 bridgehead atoms. The Hall–Kier alpha value is -0.160. The molecule has 0 aromatic heterocycles. The topological polar surface area (TPSA) is 33.7 Å². The molecule has 114 valence electrons. The van der Waals surface area contributed by atoms with Crippen molar-refractivity contribution in [1.29, 1.82) is 0 Å². The fraction of sp³-hybridized carbons (Fsp3) is 1.00. The van der Waals surface area contributed by atoms with Crippen molar-refractivity contribution in [2.45, 2.75) is 39.7 Å². The molecule has 19 heavy (non-hydrogen) atoms. The van der Waals surface area contributed by atoms with Crippen LogP contribution in [0.15, 0.2) is 0 Å². The number of nitrogens with zero attached hydrogens (tertiary/aromatic N) is 1. The number of hydrogen-bond donors (Lipinski definition) is 1. The lowest BCUT2D eigenvalue weighted by Gasteiger charge is -2.36. The summed E-state index contributed by atoms with van der Waals surface area (Å²) in [6.07, 6.45) is 1.15. The summed E-state index contributed by atoms with van der Waals surface area (Å²) in [6.45, 7) is 15.7. The summed E-state index contributed by atoms with van der Waals surface area (Å²) >= 11 is 0. The molecule has 0 saturated carbocycles. The third kappa shape index (κ3) is 6.21. The Morgan fingerprint density at radius 1 is 1.37 bits per heavy atom. The van der Waals surface area contributed by atoms with Crippen molar-refractivity contribution in [3.8, 4) is 0 Å². The van der Waals surface area contributed by atoms with E-state index in [0.717, 1.165) is 52.4 Å². The van der Waals surface area contributed by atoms with Gasteiger partial charge >= 0.3 is 0 Å². The second-order valence-electron chi connectivity index (χ2n) is 6.77. The summed E-state index contributed by atoms with van der Waals surface area (Å²) in [5.41, 5.74) is 0.427.